The first-order chi connectivity index (χ1) is 10.5. The maximum absolute atomic E-state index is 12.2. The highest BCUT2D eigenvalue weighted by Gasteiger charge is 2.06. The van der Waals surface area contributed by atoms with E-state index in [2.05, 4.69) is 4.98 Å². The van der Waals surface area contributed by atoms with E-state index >= 15 is 0 Å². The molecule has 22 heavy (non-hydrogen) atoms. The number of aromatic nitrogens is 1. The first kappa shape index (κ1) is 15.6. The zero-order valence-electron chi connectivity index (χ0n) is 12.5. The number of nitrogens with zero attached hydrogens (tertiary/aromatic N) is 1. The van der Waals surface area contributed by atoms with Crippen LogP contribution < -0.4 is 5.73 Å². The quantitative estimate of drug-likeness (QED) is 0.542. The second-order valence-electron chi connectivity index (χ2n) is 4.89. The van der Waals surface area contributed by atoms with Crippen molar-refractivity contribution in [3.63, 3.8) is 0 Å². The van der Waals surface area contributed by atoms with Gasteiger partial charge >= 0.3 is 0 Å². The molecule has 1 heterocycles. The fourth-order valence-electron chi connectivity index (χ4n) is 2.04. The van der Waals surface area contributed by atoms with E-state index in [1.807, 2.05) is 37.3 Å². The lowest BCUT2D eigenvalue weighted by Gasteiger charge is -2.03. The number of aryl methyl sites for hydroxylation is 1. The van der Waals surface area contributed by atoms with Crippen LogP contribution in [0.15, 0.2) is 54.6 Å². The molecule has 0 aliphatic rings. The third-order valence-electron chi connectivity index (χ3n) is 3.20. The predicted octanol–water partition coefficient (Wildman–Crippen LogP) is 4.15. The van der Waals surface area contributed by atoms with Gasteiger partial charge in [0.15, 0.2) is 5.78 Å². The second kappa shape index (κ2) is 6.80. The highest BCUT2D eigenvalue weighted by atomic mass is 19.1. The largest absolute Gasteiger partial charge is 0.396 e. The molecule has 0 spiro atoms. The number of nitrogens with two attached hydrogens (primary N) is 1. The number of nitrogen functional groups attached to an aromatic ring is 1. The molecule has 0 aliphatic carbocycles. The standard InChI is InChI=1S/C12H11NO.C6H6FN/c1-8-11(9(2)14)7-10-5-3-4-6-12(10)13-8;7-5-3-1-2-4-6(5)8/h3-7H,1-2H3;1-4H,8H2. The number of pyridine rings is 1. The molecule has 1 aromatic heterocycles. The Kier molecular flexibility index (Phi) is 4.84. The molecule has 0 saturated heterocycles. The molecule has 4 heteroatoms. The van der Waals surface area contributed by atoms with Crippen LogP contribution in [0.4, 0.5) is 10.1 Å². The van der Waals surface area contributed by atoms with Crippen LogP contribution in [0.1, 0.15) is 23.0 Å². The van der Waals surface area contributed by atoms with Gasteiger partial charge in [0.1, 0.15) is 5.82 Å². The number of para-hydroxylation sites is 2. The number of Topliss-reactive ketones (excluding diaryl/α,β-unsaturated/α-hetero) is 1. The van der Waals surface area contributed by atoms with Crippen LogP contribution in [0.25, 0.3) is 10.9 Å². The maximum atomic E-state index is 12.2. The predicted molar refractivity (Wildman–Crippen MR) is 87.3 cm³/mol. The lowest BCUT2D eigenvalue weighted by molar-refractivity contribution is 0.101. The Morgan fingerprint density at radius 2 is 1.73 bits per heavy atom. The Morgan fingerprint density at radius 3 is 2.32 bits per heavy atom. The Hall–Kier alpha value is -2.75. The van der Waals surface area contributed by atoms with Gasteiger partial charge in [-0.1, -0.05) is 30.3 Å². The Labute approximate surface area is 128 Å². The van der Waals surface area contributed by atoms with E-state index in [0.717, 1.165) is 16.6 Å². The van der Waals surface area contributed by atoms with Crippen LogP contribution in [0, 0.1) is 12.7 Å². The number of rotatable bonds is 1. The third-order valence-corrected chi connectivity index (χ3v) is 3.20. The number of fused-ring (bicyclic) bond motifs is 1. The van der Waals surface area contributed by atoms with Gasteiger partial charge in [0, 0.05) is 16.6 Å². The van der Waals surface area contributed by atoms with Gasteiger partial charge in [-0.15, -0.1) is 0 Å². The van der Waals surface area contributed by atoms with Crippen LogP contribution in [-0.4, -0.2) is 10.8 Å². The van der Waals surface area contributed by atoms with Crippen molar-refractivity contribution in [3.05, 3.63) is 71.7 Å². The van der Waals surface area contributed by atoms with Crippen LogP contribution >= 0.6 is 0 Å². The highest BCUT2D eigenvalue weighted by Crippen LogP contribution is 2.16. The first-order valence-electron chi connectivity index (χ1n) is 6.86. The number of ketones is 1. The number of benzene rings is 2. The number of hydrogen-bond donors (Lipinski definition) is 1. The summed E-state index contributed by atoms with van der Waals surface area (Å²) in [4.78, 5) is 15.6. The minimum atomic E-state index is -0.354. The minimum absolute atomic E-state index is 0.0701. The van der Waals surface area contributed by atoms with Crippen LogP contribution in [-0.2, 0) is 0 Å². The number of anilines is 1. The van der Waals surface area contributed by atoms with Gasteiger partial charge in [0.25, 0.3) is 0 Å². The smallest absolute Gasteiger partial charge is 0.161 e. The average Bonchev–Trinajstić information content (AvgIpc) is 2.50. The summed E-state index contributed by atoms with van der Waals surface area (Å²) in [5.41, 5.74) is 7.80. The molecule has 0 atom stereocenters. The highest BCUT2D eigenvalue weighted by molar-refractivity contribution is 5.98. The number of hydrogen-bond acceptors (Lipinski definition) is 3. The molecular formula is C18H17FN2O. The summed E-state index contributed by atoms with van der Waals surface area (Å²) >= 11 is 0. The molecule has 0 amide bonds. The first-order valence-corrected chi connectivity index (χ1v) is 6.86. The van der Waals surface area contributed by atoms with Crippen LogP contribution in [0.3, 0.4) is 0 Å². The molecule has 0 saturated carbocycles. The fraction of sp³-hybridized carbons (Fsp3) is 0.111. The maximum Gasteiger partial charge on any atom is 0.161 e. The van der Waals surface area contributed by atoms with Gasteiger partial charge in [0.2, 0.25) is 0 Å². The summed E-state index contributed by atoms with van der Waals surface area (Å²) in [5, 5.41) is 1.02. The summed E-state index contributed by atoms with van der Waals surface area (Å²) in [5.74, 6) is -0.284. The molecule has 0 unspecified atom stereocenters. The number of carbonyl (C=O) groups is 1. The van der Waals surface area contributed by atoms with Crippen molar-refractivity contribution in [3.8, 4) is 0 Å². The van der Waals surface area contributed by atoms with E-state index in [9.17, 15) is 9.18 Å². The minimum Gasteiger partial charge on any atom is -0.396 e. The normalized spacial score (nSPS) is 9.95. The van der Waals surface area contributed by atoms with Crippen LogP contribution in [0.5, 0.6) is 0 Å². The van der Waals surface area contributed by atoms with Gasteiger partial charge in [0.05, 0.1) is 11.2 Å². The van der Waals surface area contributed by atoms with Gasteiger partial charge < -0.3 is 5.73 Å². The molecule has 2 aromatic carbocycles. The summed E-state index contributed by atoms with van der Waals surface area (Å²) in [6, 6.07) is 15.9. The van der Waals surface area contributed by atoms with Crippen molar-refractivity contribution >= 4 is 22.4 Å². The number of carbonyl (C=O) groups excluding carboxylic acids is 1. The zero-order chi connectivity index (χ0) is 16.1. The van der Waals surface area contributed by atoms with Gasteiger partial charge in [-0.2, -0.15) is 0 Å². The topological polar surface area (TPSA) is 56.0 Å². The van der Waals surface area contributed by atoms with Gasteiger partial charge in [-0.25, -0.2) is 4.39 Å². The van der Waals surface area contributed by atoms with Crippen molar-refractivity contribution in [1.29, 1.82) is 0 Å². The molecule has 0 radical (unpaired) electrons. The molecular weight excluding hydrogens is 279 g/mol. The molecule has 0 fully saturated rings. The Balaban J connectivity index is 0.000000188. The van der Waals surface area contributed by atoms with Crippen molar-refractivity contribution in [1.82, 2.24) is 4.98 Å². The van der Waals surface area contributed by atoms with Crippen molar-refractivity contribution in [2.45, 2.75) is 13.8 Å². The third kappa shape index (κ3) is 3.67. The Bertz CT molecular complexity index is 794. The summed E-state index contributed by atoms with van der Waals surface area (Å²) < 4.78 is 12.2. The lowest BCUT2D eigenvalue weighted by atomic mass is 10.1. The molecule has 3 aromatic rings. The molecule has 2 N–H and O–H groups in total. The lowest BCUT2D eigenvalue weighted by Crippen LogP contribution is -1.98. The molecule has 3 nitrogen and oxygen atoms in total. The number of halogens is 1. The summed E-state index contributed by atoms with van der Waals surface area (Å²) in [6.07, 6.45) is 0. The fourth-order valence-corrected chi connectivity index (χ4v) is 2.04. The molecule has 0 bridgehead atoms. The second-order valence-corrected chi connectivity index (χ2v) is 4.89. The zero-order valence-corrected chi connectivity index (χ0v) is 12.5. The van der Waals surface area contributed by atoms with Crippen molar-refractivity contribution in [2.75, 3.05) is 5.73 Å². The average molecular weight is 296 g/mol. The molecule has 3 rings (SSSR count). The van der Waals surface area contributed by atoms with Gasteiger partial charge in [-0.3, -0.25) is 9.78 Å². The van der Waals surface area contributed by atoms with E-state index in [1.54, 1.807) is 19.1 Å². The van der Waals surface area contributed by atoms with E-state index < -0.39 is 0 Å². The van der Waals surface area contributed by atoms with E-state index in [-0.39, 0.29) is 17.3 Å². The SMILES string of the molecule is CC(=O)c1cc2ccccc2nc1C.Nc1ccccc1F. The van der Waals surface area contributed by atoms with E-state index in [0.29, 0.717) is 5.56 Å². The van der Waals surface area contributed by atoms with E-state index in [4.69, 9.17) is 5.73 Å². The van der Waals surface area contributed by atoms with Crippen molar-refractivity contribution < 1.29 is 9.18 Å². The summed E-state index contributed by atoms with van der Waals surface area (Å²) in [6.45, 7) is 3.43. The Morgan fingerprint density at radius 1 is 1.09 bits per heavy atom. The van der Waals surface area contributed by atoms with Gasteiger partial charge in [-0.05, 0) is 38.1 Å². The van der Waals surface area contributed by atoms with Crippen LogP contribution in [0.2, 0.25) is 0 Å². The van der Waals surface area contributed by atoms with Crippen molar-refractivity contribution in [2.24, 2.45) is 0 Å². The molecule has 0 aliphatic heterocycles. The molecule has 112 valence electrons. The summed E-state index contributed by atoms with van der Waals surface area (Å²) in [7, 11) is 0. The monoisotopic (exact) mass is 296 g/mol. The van der Waals surface area contributed by atoms with E-state index in [1.165, 1.54) is 12.1 Å².